The van der Waals surface area contributed by atoms with E-state index < -0.39 is 6.10 Å². The van der Waals surface area contributed by atoms with Crippen molar-refractivity contribution in [3.8, 4) is 0 Å². The molecular formula is C8H13NO3. The van der Waals surface area contributed by atoms with Gasteiger partial charge in [0.2, 0.25) is 0 Å². The normalized spacial score (nSPS) is 28.4. The van der Waals surface area contributed by atoms with Crippen LogP contribution in [0.3, 0.4) is 0 Å². The van der Waals surface area contributed by atoms with Crippen molar-refractivity contribution in [2.75, 3.05) is 13.2 Å². The molecule has 2 atom stereocenters. The first kappa shape index (κ1) is 9.22. The van der Waals surface area contributed by atoms with E-state index in [9.17, 15) is 4.79 Å². The Hall–Kier alpha value is -0.870. The number of aliphatic hydroxyl groups is 1. The van der Waals surface area contributed by atoms with Gasteiger partial charge in [-0.2, -0.15) is 0 Å². The smallest absolute Gasteiger partial charge is 0.323 e. The molecule has 4 heteroatoms. The summed E-state index contributed by atoms with van der Waals surface area (Å²) in [5.74, 6) is -0.313. The quantitative estimate of drug-likeness (QED) is 0.441. The maximum Gasteiger partial charge on any atom is 0.323 e. The third kappa shape index (κ3) is 2.32. The van der Waals surface area contributed by atoms with E-state index in [1.165, 1.54) is 6.08 Å². The second kappa shape index (κ2) is 4.23. The Bertz CT molecular complexity index is 181. The van der Waals surface area contributed by atoms with E-state index in [0.29, 0.717) is 13.0 Å². The highest BCUT2D eigenvalue weighted by Gasteiger charge is 2.28. The van der Waals surface area contributed by atoms with Crippen molar-refractivity contribution in [3.05, 3.63) is 12.7 Å². The molecule has 0 spiro atoms. The lowest BCUT2D eigenvalue weighted by molar-refractivity contribution is -0.144. The molecule has 1 rings (SSSR count). The number of β-amino-alcohol motifs (C(OH)–C–C–N with tert-alkyl or cyclic N) is 1. The predicted octanol–water partition coefficient (Wildman–Crippen LogP) is -0.562. The standard InChI is InChI=1S/C8H13NO3/c1-2-3-12-8(11)7-4-6(10)5-9-7/h2,6-7,9-10H,1,3-5H2/t6?,7-/m0/s1. The lowest BCUT2D eigenvalue weighted by atomic mass is 10.2. The van der Waals surface area contributed by atoms with Crippen molar-refractivity contribution in [2.24, 2.45) is 0 Å². The Balaban J connectivity index is 2.28. The van der Waals surface area contributed by atoms with Gasteiger partial charge in [-0.1, -0.05) is 12.7 Å². The van der Waals surface area contributed by atoms with Crippen molar-refractivity contribution in [1.29, 1.82) is 0 Å². The van der Waals surface area contributed by atoms with Crippen LogP contribution in [-0.2, 0) is 9.53 Å². The number of hydrogen-bond acceptors (Lipinski definition) is 4. The van der Waals surface area contributed by atoms with Gasteiger partial charge in [-0.3, -0.25) is 4.79 Å². The molecule has 1 heterocycles. The van der Waals surface area contributed by atoms with Crippen LogP contribution in [0.4, 0.5) is 0 Å². The maximum atomic E-state index is 11.1. The lowest BCUT2D eigenvalue weighted by Gasteiger charge is -2.07. The van der Waals surface area contributed by atoms with Gasteiger partial charge in [0.15, 0.2) is 0 Å². The highest BCUT2D eigenvalue weighted by atomic mass is 16.5. The average Bonchev–Trinajstić information content (AvgIpc) is 2.47. The Morgan fingerprint density at radius 2 is 2.58 bits per heavy atom. The fourth-order valence-corrected chi connectivity index (χ4v) is 1.14. The van der Waals surface area contributed by atoms with Crippen LogP contribution < -0.4 is 5.32 Å². The van der Waals surface area contributed by atoms with Crippen molar-refractivity contribution in [3.63, 3.8) is 0 Å². The van der Waals surface area contributed by atoms with Crippen LogP contribution in [0.1, 0.15) is 6.42 Å². The summed E-state index contributed by atoms with van der Waals surface area (Å²) < 4.78 is 4.79. The van der Waals surface area contributed by atoms with Crippen LogP contribution in [0.2, 0.25) is 0 Å². The van der Waals surface area contributed by atoms with Gasteiger partial charge in [0.1, 0.15) is 12.6 Å². The highest BCUT2D eigenvalue weighted by Crippen LogP contribution is 2.07. The van der Waals surface area contributed by atoms with Gasteiger partial charge < -0.3 is 15.2 Å². The van der Waals surface area contributed by atoms with E-state index >= 15 is 0 Å². The molecule has 0 saturated carbocycles. The van der Waals surface area contributed by atoms with E-state index in [-0.39, 0.29) is 18.6 Å². The van der Waals surface area contributed by atoms with Crippen molar-refractivity contribution in [1.82, 2.24) is 5.32 Å². The van der Waals surface area contributed by atoms with Crippen LogP contribution >= 0.6 is 0 Å². The SMILES string of the molecule is C=CCOC(=O)[C@@H]1CC(O)CN1. The molecule has 0 bridgehead atoms. The Morgan fingerprint density at radius 1 is 1.83 bits per heavy atom. The summed E-state index contributed by atoms with van der Waals surface area (Å²) in [4.78, 5) is 11.1. The molecule has 0 aromatic heterocycles. The van der Waals surface area contributed by atoms with Gasteiger partial charge in [-0.15, -0.1) is 0 Å². The zero-order valence-electron chi connectivity index (χ0n) is 6.82. The van der Waals surface area contributed by atoms with E-state index in [2.05, 4.69) is 11.9 Å². The first-order valence-electron chi connectivity index (χ1n) is 3.93. The minimum atomic E-state index is -0.425. The van der Waals surface area contributed by atoms with Gasteiger partial charge >= 0.3 is 5.97 Å². The number of esters is 1. The van der Waals surface area contributed by atoms with E-state index in [4.69, 9.17) is 9.84 Å². The van der Waals surface area contributed by atoms with Crippen LogP contribution in [0.25, 0.3) is 0 Å². The number of carbonyl (C=O) groups excluding carboxylic acids is 1. The topological polar surface area (TPSA) is 58.6 Å². The van der Waals surface area contributed by atoms with E-state index in [1.54, 1.807) is 0 Å². The molecule has 2 N–H and O–H groups in total. The second-order valence-electron chi connectivity index (χ2n) is 2.77. The Morgan fingerprint density at radius 3 is 3.08 bits per heavy atom. The molecule has 1 aliphatic rings. The van der Waals surface area contributed by atoms with Gasteiger partial charge in [0.25, 0.3) is 0 Å². The minimum absolute atomic E-state index is 0.229. The van der Waals surface area contributed by atoms with E-state index in [1.807, 2.05) is 0 Å². The fourth-order valence-electron chi connectivity index (χ4n) is 1.14. The summed E-state index contributed by atoms with van der Waals surface area (Å²) in [7, 11) is 0. The highest BCUT2D eigenvalue weighted by molar-refractivity contribution is 5.76. The molecule has 68 valence electrons. The summed E-state index contributed by atoms with van der Waals surface area (Å²) in [5, 5.41) is 11.9. The lowest BCUT2D eigenvalue weighted by Crippen LogP contribution is -2.32. The van der Waals surface area contributed by atoms with Gasteiger partial charge in [-0.05, 0) is 0 Å². The zero-order valence-corrected chi connectivity index (χ0v) is 6.82. The van der Waals surface area contributed by atoms with Crippen LogP contribution in [0.15, 0.2) is 12.7 Å². The third-order valence-corrected chi connectivity index (χ3v) is 1.74. The molecule has 0 aliphatic carbocycles. The molecule has 0 aromatic rings. The minimum Gasteiger partial charge on any atom is -0.460 e. The Kier molecular flexibility index (Phi) is 3.25. The van der Waals surface area contributed by atoms with Crippen LogP contribution in [0, 0.1) is 0 Å². The van der Waals surface area contributed by atoms with E-state index in [0.717, 1.165) is 0 Å². The molecule has 1 unspecified atom stereocenters. The molecule has 0 radical (unpaired) electrons. The fraction of sp³-hybridized carbons (Fsp3) is 0.625. The summed E-state index contributed by atoms with van der Waals surface area (Å²) in [6.07, 6.45) is 1.53. The number of carbonyl (C=O) groups is 1. The summed E-state index contributed by atoms with van der Waals surface area (Å²) in [6.45, 7) is 4.12. The molecule has 0 aromatic carbocycles. The Labute approximate surface area is 71.2 Å². The number of hydrogen-bond donors (Lipinski definition) is 2. The molecule has 1 saturated heterocycles. The molecular weight excluding hydrogens is 158 g/mol. The summed E-state index contributed by atoms with van der Waals surface area (Å²) in [5.41, 5.74) is 0. The summed E-state index contributed by atoms with van der Waals surface area (Å²) in [6, 6.07) is -0.347. The zero-order chi connectivity index (χ0) is 8.97. The number of rotatable bonds is 3. The molecule has 4 nitrogen and oxygen atoms in total. The number of nitrogens with one attached hydrogen (secondary N) is 1. The van der Waals surface area contributed by atoms with Gasteiger partial charge in [0.05, 0.1) is 6.10 Å². The van der Waals surface area contributed by atoms with Crippen molar-refractivity contribution < 1.29 is 14.6 Å². The maximum absolute atomic E-state index is 11.1. The monoisotopic (exact) mass is 171 g/mol. The van der Waals surface area contributed by atoms with Crippen molar-refractivity contribution in [2.45, 2.75) is 18.6 Å². The molecule has 12 heavy (non-hydrogen) atoms. The van der Waals surface area contributed by atoms with Crippen molar-refractivity contribution >= 4 is 5.97 Å². The largest absolute Gasteiger partial charge is 0.460 e. The van der Waals surface area contributed by atoms with Crippen LogP contribution in [0.5, 0.6) is 0 Å². The third-order valence-electron chi connectivity index (χ3n) is 1.74. The number of ether oxygens (including phenoxy) is 1. The number of aliphatic hydroxyl groups excluding tert-OH is 1. The second-order valence-corrected chi connectivity index (χ2v) is 2.77. The first-order chi connectivity index (χ1) is 5.74. The van der Waals surface area contributed by atoms with Crippen LogP contribution in [-0.4, -0.2) is 36.4 Å². The molecule has 1 aliphatic heterocycles. The first-order valence-corrected chi connectivity index (χ1v) is 3.93. The van der Waals surface area contributed by atoms with Gasteiger partial charge in [-0.25, -0.2) is 0 Å². The summed E-state index contributed by atoms with van der Waals surface area (Å²) >= 11 is 0. The molecule has 0 amide bonds. The average molecular weight is 171 g/mol. The molecule has 1 fully saturated rings. The predicted molar refractivity (Wildman–Crippen MR) is 43.6 cm³/mol. The van der Waals surface area contributed by atoms with Gasteiger partial charge in [0, 0.05) is 13.0 Å².